The summed E-state index contributed by atoms with van der Waals surface area (Å²) in [5.41, 5.74) is 2.10. The molecule has 0 amide bonds. The van der Waals surface area contributed by atoms with Crippen LogP contribution in [0.25, 0.3) is 0 Å². The smallest absolute Gasteiger partial charge is 0.131 e. The largest absolute Gasteiger partial charge is 0.298 e. The quantitative estimate of drug-likeness (QED) is 0.748. The summed E-state index contributed by atoms with van der Waals surface area (Å²) in [5.74, 6) is 0.644. The Labute approximate surface area is 101 Å². The van der Waals surface area contributed by atoms with Gasteiger partial charge in [0, 0.05) is 31.6 Å². The summed E-state index contributed by atoms with van der Waals surface area (Å²) in [5, 5.41) is 5.01. The average molecular weight is 250 g/mol. The molecule has 0 aliphatic heterocycles. The maximum atomic E-state index is 6.16. The summed E-state index contributed by atoms with van der Waals surface area (Å²) in [6.07, 6.45) is 0. The first-order valence-electron chi connectivity index (χ1n) is 5.06. The average Bonchev–Trinajstić information content (AvgIpc) is 2.44. The van der Waals surface area contributed by atoms with Gasteiger partial charge in [-0.2, -0.15) is 5.10 Å². The van der Waals surface area contributed by atoms with Gasteiger partial charge in [-0.1, -0.05) is 18.5 Å². The highest BCUT2D eigenvalue weighted by Crippen LogP contribution is 2.20. The SMILES string of the molecule is CCN(CCCl)Cc1c(C)nn(C)c1Cl. The lowest BCUT2D eigenvalue weighted by atomic mass is 10.2. The van der Waals surface area contributed by atoms with Gasteiger partial charge in [-0.25, -0.2) is 0 Å². The first-order chi connectivity index (χ1) is 7.10. The molecule has 0 aliphatic rings. The van der Waals surface area contributed by atoms with Crippen LogP contribution in [0.2, 0.25) is 5.15 Å². The molecule has 3 nitrogen and oxygen atoms in total. The van der Waals surface area contributed by atoms with Crippen molar-refractivity contribution in [3.8, 4) is 0 Å². The zero-order valence-corrected chi connectivity index (χ0v) is 10.9. The molecule has 1 rings (SSSR count). The third-order valence-corrected chi connectivity index (χ3v) is 3.14. The maximum Gasteiger partial charge on any atom is 0.131 e. The van der Waals surface area contributed by atoms with Crippen molar-refractivity contribution in [2.45, 2.75) is 20.4 Å². The molecule has 0 bridgehead atoms. The minimum absolute atomic E-state index is 0.644. The van der Waals surface area contributed by atoms with E-state index in [0.29, 0.717) is 5.88 Å². The fourth-order valence-electron chi connectivity index (χ4n) is 1.55. The lowest BCUT2D eigenvalue weighted by molar-refractivity contribution is 0.297. The number of aromatic nitrogens is 2. The molecule has 0 saturated heterocycles. The van der Waals surface area contributed by atoms with Crippen molar-refractivity contribution < 1.29 is 0 Å². The second-order valence-electron chi connectivity index (χ2n) is 3.54. The van der Waals surface area contributed by atoms with Crippen LogP contribution < -0.4 is 0 Å². The Kier molecular flexibility index (Phi) is 4.90. The third-order valence-electron chi connectivity index (χ3n) is 2.50. The van der Waals surface area contributed by atoms with Gasteiger partial charge in [0.1, 0.15) is 5.15 Å². The number of halogens is 2. The van der Waals surface area contributed by atoms with Gasteiger partial charge in [0.05, 0.1) is 5.69 Å². The van der Waals surface area contributed by atoms with E-state index in [4.69, 9.17) is 23.2 Å². The van der Waals surface area contributed by atoms with Crippen LogP contribution in [-0.4, -0.2) is 33.6 Å². The topological polar surface area (TPSA) is 21.1 Å². The number of nitrogens with zero attached hydrogens (tertiary/aromatic N) is 3. The molecular formula is C10H17Cl2N3. The van der Waals surface area contributed by atoms with Crippen molar-refractivity contribution in [2.75, 3.05) is 19.0 Å². The van der Waals surface area contributed by atoms with Crippen molar-refractivity contribution in [3.63, 3.8) is 0 Å². The van der Waals surface area contributed by atoms with E-state index >= 15 is 0 Å². The number of aryl methyl sites for hydroxylation is 2. The Hall–Kier alpha value is -0.250. The number of hydrogen-bond acceptors (Lipinski definition) is 2. The van der Waals surface area contributed by atoms with Crippen molar-refractivity contribution >= 4 is 23.2 Å². The molecule has 1 aromatic heterocycles. The molecule has 0 fully saturated rings. The summed E-state index contributed by atoms with van der Waals surface area (Å²) >= 11 is 11.9. The minimum atomic E-state index is 0.644. The first kappa shape index (κ1) is 12.8. The number of hydrogen-bond donors (Lipinski definition) is 0. The number of alkyl halides is 1. The normalized spacial score (nSPS) is 11.3. The van der Waals surface area contributed by atoms with Gasteiger partial charge < -0.3 is 0 Å². The third kappa shape index (κ3) is 3.10. The fourth-order valence-corrected chi connectivity index (χ4v) is 2.02. The van der Waals surface area contributed by atoms with Crippen LogP contribution in [-0.2, 0) is 13.6 Å². The highest BCUT2D eigenvalue weighted by atomic mass is 35.5. The van der Waals surface area contributed by atoms with Gasteiger partial charge in [-0.15, -0.1) is 11.6 Å². The summed E-state index contributed by atoms with van der Waals surface area (Å²) in [6, 6.07) is 0. The Balaban J connectivity index is 2.78. The van der Waals surface area contributed by atoms with Crippen LogP contribution >= 0.6 is 23.2 Å². The summed E-state index contributed by atoms with van der Waals surface area (Å²) < 4.78 is 1.71. The Morgan fingerprint density at radius 3 is 2.53 bits per heavy atom. The first-order valence-corrected chi connectivity index (χ1v) is 5.97. The molecule has 0 saturated carbocycles. The second-order valence-corrected chi connectivity index (χ2v) is 4.27. The molecular weight excluding hydrogens is 233 g/mol. The highest BCUT2D eigenvalue weighted by Gasteiger charge is 2.13. The standard InChI is InChI=1S/C10H17Cl2N3/c1-4-15(6-5-11)7-9-8(2)13-14(3)10(9)12/h4-7H2,1-3H3. The minimum Gasteiger partial charge on any atom is -0.298 e. The molecule has 0 spiro atoms. The molecule has 0 atom stereocenters. The van der Waals surface area contributed by atoms with E-state index in [0.717, 1.165) is 36.0 Å². The molecule has 1 heterocycles. The van der Waals surface area contributed by atoms with Crippen LogP contribution in [0.1, 0.15) is 18.2 Å². The van der Waals surface area contributed by atoms with Gasteiger partial charge in [0.25, 0.3) is 0 Å². The van der Waals surface area contributed by atoms with E-state index < -0.39 is 0 Å². The van der Waals surface area contributed by atoms with E-state index in [-0.39, 0.29) is 0 Å². The van der Waals surface area contributed by atoms with E-state index in [1.807, 2.05) is 14.0 Å². The van der Waals surface area contributed by atoms with Gasteiger partial charge in [0.15, 0.2) is 0 Å². The molecule has 0 aliphatic carbocycles. The molecule has 0 N–H and O–H groups in total. The highest BCUT2D eigenvalue weighted by molar-refractivity contribution is 6.30. The second kappa shape index (κ2) is 5.73. The molecule has 1 aromatic rings. The van der Waals surface area contributed by atoms with Crippen molar-refractivity contribution in [1.82, 2.24) is 14.7 Å². The van der Waals surface area contributed by atoms with Crippen molar-refractivity contribution in [3.05, 3.63) is 16.4 Å². The Bertz CT molecular complexity index is 323. The maximum absolute atomic E-state index is 6.16. The molecule has 0 aromatic carbocycles. The van der Waals surface area contributed by atoms with Crippen LogP contribution in [0.15, 0.2) is 0 Å². The molecule has 15 heavy (non-hydrogen) atoms. The van der Waals surface area contributed by atoms with E-state index in [2.05, 4.69) is 16.9 Å². The van der Waals surface area contributed by atoms with Gasteiger partial charge in [-0.3, -0.25) is 9.58 Å². The summed E-state index contributed by atoms with van der Waals surface area (Å²) in [7, 11) is 1.86. The zero-order valence-electron chi connectivity index (χ0n) is 9.43. The molecule has 0 unspecified atom stereocenters. The lowest BCUT2D eigenvalue weighted by Crippen LogP contribution is -2.25. The van der Waals surface area contributed by atoms with E-state index in [9.17, 15) is 0 Å². The van der Waals surface area contributed by atoms with Crippen molar-refractivity contribution in [1.29, 1.82) is 0 Å². The van der Waals surface area contributed by atoms with Gasteiger partial charge in [0.2, 0.25) is 0 Å². The van der Waals surface area contributed by atoms with E-state index in [1.54, 1.807) is 4.68 Å². The predicted molar refractivity (Wildman–Crippen MR) is 64.6 cm³/mol. The predicted octanol–water partition coefficient (Wildman–Crippen LogP) is 2.44. The van der Waals surface area contributed by atoms with Gasteiger partial charge >= 0.3 is 0 Å². The Morgan fingerprint density at radius 2 is 2.13 bits per heavy atom. The monoisotopic (exact) mass is 249 g/mol. The molecule has 0 radical (unpaired) electrons. The van der Waals surface area contributed by atoms with Crippen molar-refractivity contribution in [2.24, 2.45) is 7.05 Å². The lowest BCUT2D eigenvalue weighted by Gasteiger charge is -2.18. The fraction of sp³-hybridized carbons (Fsp3) is 0.700. The van der Waals surface area contributed by atoms with E-state index in [1.165, 1.54) is 0 Å². The summed E-state index contributed by atoms with van der Waals surface area (Å²) in [6.45, 7) is 6.77. The van der Waals surface area contributed by atoms with Gasteiger partial charge in [-0.05, 0) is 13.5 Å². The van der Waals surface area contributed by atoms with Crippen LogP contribution in [0.5, 0.6) is 0 Å². The van der Waals surface area contributed by atoms with Crippen LogP contribution in [0.4, 0.5) is 0 Å². The van der Waals surface area contributed by atoms with Crippen LogP contribution in [0, 0.1) is 6.92 Å². The summed E-state index contributed by atoms with van der Waals surface area (Å²) in [4.78, 5) is 2.25. The van der Waals surface area contributed by atoms with Crippen LogP contribution in [0.3, 0.4) is 0 Å². The molecule has 86 valence electrons. The Morgan fingerprint density at radius 1 is 1.47 bits per heavy atom. The zero-order chi connectivity index (χ0) is 11.4. The number of rotatable bonds is 5. The molecule has 5 heteroatoms.